The Morgan fingerprint density at radius 3 is 2.92 bits per heavy atom. The Balaban J connectivity index is 1.46. The molecule has 0 unspecified atom stereocenters. The van der Waals surface area contributed by atoms with E-state index in [1.54, 1.807) is 0 Å². The highest BCUT2D eigenvalue weighted by Crippen LogP contribution is 2.35. The molecule has 1 saturated heterocycles. The molecule has 5 nitrogen and oxygen atoms in total. The van der Waals surface area contributed by atoms with Gasteiger partial charge in [0.05, 0.1) is 23.3 Å². The van der Waals surface area contributed by atoms with Crippen LogP contribution < -0.4 is 0 Å². The van der Waals surface area contributed by atoms with Gasteiger partial charge in [0.2, 0.25) is 5.91 Å². The second-order valence-corrected chi connectivity index (χ2v) is 10.4. The fourth-order valence-corrected chi connectivity index (χ4v) is 7.46. The molecule has 7 heteroatoms. The van der Waals surface area contributed by atoms with Crippen LogP contribution in [0.2, 0.25) is 0 Å². The SMILES string of the molecule is C[C@@H]1c2[nH]c3ccccc3c2CCN1C(=O)CS[C@H]1CCS(=O)(=O)C1. The number of carbonyl (C=O) groups is 1. The third kappa shape index (κ3) is 3.19. The van der Waals surface area contributed by atoms with Crippen LogP contribution in [0.1, 0.15) is 30.6 Å². The summed E-state index contributed by atoms with van der Waals surface area (Å²) in [7, 11) is -2.88. The number of para-hydroxylation sites is 1. The normalized spacial score (nSPS) is 25.2. The Bertz CT molecular complexity index is 920. The van der Waals surface area contributed by atoms with Gasteiger partial charge in [0.1, 0.15) is 0 Å². The number of hydrogen-bond donors (Lipinski definition) is 1. The van der Waals surface area contributed by atoms with E-state index in [1.165, 1.54) is 22.7 Å². The lowest BCUT2D eigenvalue weighted by atomic mass is 9.98. The largest absolute Gasteiger partial charge is 0.356 e. The van der Waals surface area contributed by atoms with Gasteiger partial charge in [-0.3, -0.25) is 4.79 Å². The number of carbonyl (C=O) groups excluding carboxylic acids is 1. The number of rotatable bonds is 3. The van der Waals surface area contributed by atoms with Gasteiger partial charge in [0, 0.05) is 28.4 Å². The first-order valence-corrected chi connectivity index (χ1v) is 11.5. The molecule has 134 valence electrons. The van der Waals surface area contributed by atoms with Gasteiger partial charge in [-0.25, -0.2) is 8.42 Å². The maximum atomic E-state index is 12.7. The first kappa shape index (κ1) is 17.0. The summed E-state index contributed by atoms with van der Waals surface area (Å²) in [5.41, 5.74) is 3.58. The van der Waals surface area contributed by atoms with Crippen molar-refractivity contribution in [3.05, 3.63) is 35.5 Å². The van der Waals surface area contributed by atoms with Crippen LogP contribution in [0.5, 0.6) is 0 Å². The Morgan fingerprint density at radius 2 is 2.16 bits per heavy atom. The third-order valence-electron chi connectivity index (χ3n) is 5.29. The molecule has 1 aromatic carbocycles. The molecule has 0 aliphatic carbocycles. The molecular formula is C18H22N2O3S2. The standard InChI is InChI=1S/C18H22N2O3S2/c1-12-18-15(14-4-2-3-5-16(14)19-18)6-8-20(12)17(21)10-24-13-7-9-25(22,23)11-13/h2-5,12-13,19H,6-11H2,1H3/t12-,13+/m1/s1. The van der Waals surface area contributed by atoms with Gasteiger partial charge in [-0.1, -0.05) is 18.2 Å². The van der Waals surface area contributed by atoms with Crippen LogP contribution >= 0.6 is 11.8 Å². The van der Waals surface area contributed by atoms with Crippen LogP contribution in [0.4, 0.5) is 0 Å². The van der Waals surface area contributed by atoms with Crippen molar-refractivity contribution >= 4 is 38.4 Å². The summed E-state index contributed by atoms with van der Waals surface area (Å²) in [4.78, 5) is 18.1. The number of amides is 1. The molecular weight excluding hydrogens is 356 g/mol. The van der Waals surface area contributed by atoms with E-state index in [4.69, 9.17) is 0 Å². The summed E-state index contributed by atoms with van der Waals surface area (Å²) in [6.45, 7) is 2.79. The number of H-pyrrole nitrogens is 1. The molecule has 0 radical (unpaired) electrons. The fraction of sp³-hybridized carbons (Fsp3) is 0.500. The van der Waals surface area contributed by atoms with E-state index in [2.05, 4.69) is 24.0 Å². The van der Waals surface area contributed by atoms with Crippen molar-refractivity contribution in [3.63, 3.8) is 0 Å². The van der Waals surface area contributed by atoms with Gasteiger partial charge in [0.25, 0.3) is 0 Å². The molecule has 1 N–H and O–H groups in total. The quantitative estimate of drug-likeness (QED) is 0.891. The molecule has 1 aromatic heterocycles. The van der Waals surface area contributed by atoms with E-state index in [1.807, 2.05) is 17.0 Å². The molecule has 1 amide bonds. The van der Waals surface area contributed by atoms with Crippen LogP contribution in [-0.2, 0) is 21.1 Å². The van der Waals surface area contributed by atoms with Crippen molar-refractivity contribution in [1.29, 1.82) is 0 Å². The molecule has 1 fully saturated rings. The van der Waals surface area contributed by atoms with Crippen molar-refractivity contribution in [2.75, 3.05) is 23.8 Å². The van der Waals surface area contributed by atoms with E-state index in [9.17, 15) is 13.2 Å². The first-order valence-electron chi connectivity index (χ1n) is 8.65. The predicted octanol–water partition coefficient (Wildman–Crippen LogP) is 2.53. The van der Waals surface area contributed by atoms with Crippen molar-refractivity contribution in [3.8, 4) is 0 Å². The summed E-state index contributed by atoms with van der Waals surface area (Å²) >= 11 is 1.50. The molecule has 0 saturated carbocycles. The lowest BCUT2D eigenvalue weighted by Crippen LogP contribution is -2.40. The zero-order valence-electron chi connectivity index (χ0n) is 14.2. The lowest BCUT2D eigenvalue weighted by Gasteiger charge is -2.33. The van der Waals surface area contributed by atoms with Gasteiger partial charge < -0.3 is 9.88 Å². The molecule has 0 spiro atoms. The number of sulfone groups is 1. The summed E-state index contributed by atoms with van der Waals surface area (Å²) in [6, 6.07) is 8.29. The van der Waals surface area contributed by atoms with Crippen molar-refractivity contribution in [2.45, 2.75) is 31.1 Å². The topological polar surface area (TPSA) is 70.2 Å². The number of aromatic nitrogens is 1. The maximum absolute atomic E-state index is 12.7. The number of hydrogen-bond acceptors (Lipinski definition) is 4. The number of thioether (sulfide) groups is 1. The molecule has 0 bridgehead atoms. The highest BCUT2D eigenvalue weighted by atomic mass is 32.2. The monoisotopic (exact) mass is 378 g/mol. The van der Waals surface area contributed by atoms with Crippen LogP contribution in [0.3, 0.4) is 0 Å². The molecule has 3 heterocycles. The van der Waals surface area contributed by atoms with Crippen molar-refractivity contribution in [1.82, 2.24) is 9.88 Å². The number of fused-ring (bicyclic) bond motifs is 3. The van der Waals surface area contributed by atoms with Crippen molar-refractivity contribution < 1.29 is 13.2 Å². The minimum atomic E-state index is -2.88. The average Bonchev–Trinajstić information content (AvgIpc) is 3.13. The van der Waals surface area contributed by atoms with Gasteiger partial charge >= 0.3 is 0 Å². The Kier molecular flexibility index (Phi) is 4.32. The Morgan fingerprint density at radius 1 is 1.36 bits per heavy atom. The van der Waals surface area contributed by atoms with E-state index >= 15 is 0 Å². The Labute approximate surface area is 152 Å². The number of nitrogens with zero attached hydrogens (tertiary/aromatic N) is 1. The van der Waals surface area contributed by atoms with Crippen LogP contribution in [0.25, 0.3) is 10.9 Å². The van der Waals surface area contributed by atoms with Crippen LogP contribution in [0, 0.1) is 0 Å². The zero-order valence-corrected chi connectivity index (χ0v) is 15.8. The summed E-state index contributed by atoms with van der Waals surface area (Å²) < 4.78 is 23.1. The predicted molar refractivity (Wildman–Crippen MR) is 102 cm³/mol. The van der Waals surface area contributed by atoms with Crippen molar-refractivity contribution in [2.24, 2.45) is 0 Å². The molecule has 2 aliphatic heterocycles. The van der Waals surface area contributed by atoms with Gasteiger partial charge in [-0.05, 0) is 31.4 Å². The highest BCUT2D eigenvalue weighted by molar-refractivity contribution is 8.02. The highest BCUT2D eigenvalue weighted by Gasteiger charge is 2.32. The zero-order chi connectivity index (χ0) is 17.6. The smallest absolute Gasteiger partial charge is 0.233 e. The third-order valence-corrected chi connectivity index (χ3v) is 8.55. The molecule has 2 aromatic rings. The summed E-state index contributed by atoms with van der Waals surface area (Å²) in [6.07, 6.45) is 1.53. The van der Waals surface area contributed by atoms with E-state index in [0.29, 0.717) is 12.2 Å². The minimum absolute atomic E-state index is 0.0246. The van der Waals surface area contributed by atoms with Gasteiger partial charge in [-0.15, -0.1) is 11.8 Å². The molecule has 25 heavy (non-hydrogen) atoms. The number of nitrogens with one attached hydrogen (secondary N) is 1. The lowest BCUT2D eigenvalue weighted by molar-refractivity contribution is -0.130. The summed E-state index contributed by atoms with van der Waals surface area (Å²) in [5.74, 6) is 0.940. The molecule has 2 atom stereocenters. The second-order valence-electron chi connectivity index (χ2n) is 6.91. The fourth-order valence-electron chi connectivity index (χ4n) is 3.93. The average molecular weight is 379 g/mol. The number of benzene rings is 1. The van der Waals surface area contributed by atoms with E-state index < -0.39 is 9.84 Å². The van der Waals surface area contributed by atoms with Gasteiger partial charge in [0.15, 0.2) is 9.84 Å². The van der Waals surface area contributed by atoms with Crippen LogP contribution in [-0.4, -0.2) is 53.3 Å². The van der Waals surface area contributed by atoms with Gasteiger partial charge in [-0.2, -0.15) is 0 Å². The van der Waals surface area contributed by atoms with E-state index in [0.717, 1.165) is 24.2 Å². The second kappa shape index (κ2) is 6.36. The Hall–Kier alpha value is -1.47. The molecule has 4 rings (SSSR count). The molecule has 2 aliphatic rings. The maximum Gasteiger partial charge on any atom is 0.233 e. The first-order chi connectivity index (χ1) is 11.9. The van der Waals surface area contributed by atoms with Crippen LogP contribution in [0.15, 0.2) is 24.3 Å². The number of aromatic amines is 1. The van der Waals surface area contributed by atoms with E-state index in [-0.39, 0.29) is 28.7 Å². The minimum Gasteiger partial charge on any atom is -0.356 e. The summed E-state index contributed by atoms with van der Waals surface area (Å²) in [5, 5.41) is 1.32.